The summed E-state index contributed by atoms with van der Waals surface area (Å²) in [5, 5.41) is 13.7. The molecule has 5 nitrogen and oxygen atoms in total. The van der Waals surface area contributed by atoms with E-state index in [-0.39, 0.29) is 11.3 Å². The Hall–Kier alpha value is -2.11. The second-order valence-electron chi connectivity index (χ2n) is 5.06. The van der Waals surface area contributed by atoms with Gasteiger partial charge in [-0.3, -0.25) is 0 Å². The van der Waals surface area contributed by atoms with Gasteiger partial charge in [0.2, 0.25) is 0 Å². The number of carbonyl (C=O) groups is 2. The molecular weight excluding hydrogens is 263 g/mol. The lowest BCUT2D eigenvalue weighted by Crippen LogP contribution is -2.33. The third-order valence-corrected chi connectivity index (χ3v) is 3.19. The lowest BCUT2D eigenvalue weighted by molar-refractivity contribution is 0.0696. The van der Waals surface area contributed by atoms with Crippen LogP contribution in [0.3, 0.4) is 0 Å². The molecule has 1 aromatic carbocycles. The van der Waals surface area contributed by atoms with Gasteiger partial charge in [0.05, 0.1) is 11.3 Å². The van der Waals surface area contributed by atoms with Crippen LogP contribution in [-0.4, -0.2) is 23.7 Å². The molecule has 0 aliphatic heterocycles. The normalized spacial score (nSPS) is 12.1. The molecule has 0 aromatic heterocycles. The first-order chi connectivity index (χ1) is 9.31. The van der Waals surface area contributed by atoms with Crippen LogP contribution in [0.25, 0.3) is 0 Å². The molecule has 0 bridgehead atoms. The van der Waals surface area contributed by atoms with Crippen LogP contribution in [0.1, 0.15) is 31.1 Å². The van der Waals surface area contributed by atoms with Gasteiger partial charge in [-0.05, 0) is 30.0 Å². The maximum Gasteiger partial charge on any atom is 0.335 e. The summed E-state index contributed by atoms with van der Waals surface area (Å²) in [4.78, 5) is 22.3. The summed E-state index contributed by atoms with van der Waals surface area (Å²) in [6, 6.07) is 2.82. The first-order valence-corrected chi connectivity index (χ1v) is 6.39. The monoisotopic (exact) mass is 282 g/mol. The molecule has 0 aliphatic carbocycles. The minimum Gasteiger partial charge on any atom is -0.478 e. The standard InChI is InChI=1S/C14H19FN2O3/c1-8(2)9(3)7-16-14(20)17-12-5-4-10(13(18)19)6-11(12)15/h4-6,8-9H,7H2,1-3H3,(H,18,19)(H2,16,17,20). The van der Waals surface area contributed by atoms with E-state index in [1.54, 1.807) is 0 Å². The highest BCUT2D eigenvalue weighted by atomic mass is 19.1. The molecule has 1 aromatic rings. The summed E-state index contributed by atoms with van der Waals surface area (Å²) in [6.07, 6.45) is 0. The summed E-state index contributed by atoms with van der Waals surface area (Å²) >= 11 is 0. The number of urea groups is 1. The second-order valence-corrected chi connectivity index (χ2v) is 5.06. The number of nitrogens with one attached hydrogen (secondary N) is 2. The average Bonchev–Trinajstić information content (AvgIpc) is 2.37. The summed E-state index contributed by atoms with van der Waals surface area (Å²) in [7, 11) is 0. The Balaban J connectivity index is 2.60. The number of rotatable bonds is 5. The Morgan fingerprint density at radius 2 is 1.95 bits per heavy atom. The Labute approximate surface area is 117 Å². The van der Waals surface area contributed by atoms with Crippen molar-refractivity contribution in [3.05, 3.63) is 29.6 Å². The lowest BCUT2D eigenvalue weighted by atomic mass is 9.98. The quantitative estimate of drug-likeness (QED) is 0.777. The zero-order valence-electron chi connectivity index (χ0n) is 11.7. The number of anilines is 1. The number of halogens is 1. The van der Waals surface area contributed by atoms with Crippen molar-refractivity contribution in [2.45, 2.75) is 20.8 Å². The third-order valence-electron chi connectivity index (χ3n) is 3.19. The molecule has 20 heavy (non-hydrogen) atoms. The van der Waals surface area contributed by atoms with Crippen LogP contribution in [0.15, 0.2) is 18.2 Å². The second kappa shape index (κ2) is 6.88. The number of carboxylic acids is 1. The highest BCUT2D eigenvalue weighted by molar-refractivity contribution is 5.91. The molecule has 1 atom stereocenters. The van der Waals surface area contributed by atoms with E-state index in [2.05, 4.69) is 24.5 Å². The molecule has 2 amide bonds. The van der Waals surface area contributed by atoms with Crippen molar-refractivity contribution in [3.63, 3.8) is 0 Å². The fourth-order valence-electron chi connectivity index (χ4n) is 1.41. The number of amides is 2. The fourth-order valence-corrected chi connectivity index (χ4v) is 1.41. The van der Waals surface area contributed by atoms with Crippen molar-refractivity contribution >= 4 is 17.7 Å². The maximum atomic E-state index is 13.6. The van der Waals surface area contributed by atoms with Gasteiger partial charge in [0.25, 0.3) is 0 Å². The van der Waals surface area contributed by atoms with Gasteiger partial charge in [0.15, 0.2) is 0 Å². The molecule has 3 N–H and O–H groups in total. The maximum absolute atomic E-state index is 13.6. The molecule has 6 heteroatoms. The Morgan fingerprint density at radius 1 is 1.30 bits per heavy atom. The molecule has 1 rings (SSSR count). The Morgan fingerprint density at radius 3 is 2.45 bits per heavy atom. The van der Waals surface area contributed by atoms with Crippen LogP contribution < -0.4 is 10.6 Å². The number of aromatic carboxylic acids is 1. The van der Waals surface area contributed by atoms with E-state index in [9.17, 15) is 14.0 Å². The molecule has 0 radical (unpaired) electrons. The molecule has 0 heterocycles. The van der Waals surface area contributed by atoms with Gasteiger partial charge < -0.3 is 15.7 Å². The number of hydrogen-bond acceptors (Lipinski definition) is 2. The topological polar surface area (TPSA) is 78.4 Å². The van der Waals surface area contributed by atoms with E-state index in [0.717, 1.165) is 6.07 Å². The minimum absolute atomic E-state index is 0.0512. The number of benzene rings is 1. The number of hydrogen-bond donors (Lipinski definition) is 3. The number of carbonyl (C=O) groups excluding carboxylic acids is 1. The smallest absolute Gasteiger partial charge is 0.335 e. The SMILES string of the molecule is CC(C)C(C)CNC(=O)Nc1ccc(C(=O)O)cc1F. The van der Waals surface area contributed by atoms with Crippen molar-refractivity contribution in [2.24, 2.45) is 11.8 Å². The van der Waals surface area contributed by atoms with E-state index in [1.807, 2.05) is 6.92 Å². The van der Waals surface area contributed by atoms with Crippen molar-refractivity contribution in [1.82, 2.24) is 5.32 Å². The zero-order valence-corrected chi connectivity index (χ0v) is 11.7. The first-order valence-electron chi connectivity index (χ1n) is 6.39. The molecule has 0 spiro atoms. The van der Waals surface area contributed by atoms with Gasteiger partial charge in [0.1, 0.15) is 5.82 Å². The van der Waals surface area contributed by atoms with Gasteiger partial charge in [-0.2, -0.15) is 0 Å². The van der Waals surface area contributed by atoms with Gasteiger partial charge in [-0.15, -0.1) is 0 Å². The summed E-state index contributed by atoms with van der Waals surface area (Å²) in [5.74, 6) is -1.26. The zero-order chi connectivity index (χ0) is 15.3. The van der Waals surface area contributed by atoms with Crippen molar-refractivity contribution < 1.29 is 19.1 Å². The lowest BCUT2D eigenvalue weighted by Gasteiger charge is -2.16. The summed E-state index contributed by atoms with van der Waals surface area (Å²) < 4.78 is 13.6. The van der Waals surface area contributed by atoms with Crippen LogP contribution in [0.2, 0.25) is 0 Å². The Kier molecular flexibility index (Phi) is 5.49. The molecule has 0 aliphatic rings. The van der Waals surface area contributed by atoms with E-state index in [0.29, 0.717) is 18.4 Å². The van der Waals surface area contributed by atoms with Crippen LogP contribution in [0, 0.1) is 17.7 Å². The van der Waals surface area contributed by atoms with Crippen molar-refractivity contribution in [3.8, 4) is 0 Å². The van der Waals surface area contributed by atoms with Crippen LogP contribution >= 0.6 is 0 Å². The Bertz CT molecular complexity index is 503. The van der Waals surface area contributed by atoms with Crippen molar-refractivity contribution in [2.75, 3.05) is 11.9 Å². The molecule has 0 saturated heterocycles. The molecule has 0 fully saturated rings. The fraction of sp³-hybridized carbons (Fsp3) is 0.429. The van der Waals surface area contributed by atoms with Crippen molar-refractivity contribution in [1.29, 1.82) is 0 Å². The third kappa shape index (κ3) is 4.53. The molecule has 1 unspecified atom stereocenters. The van der Waals surface area contributed by atoms with Gasteiger partial charge in [-0.25, -0.2) is 14.0 Å². The van der Waals surface area contributed by atoms with E-state index < -0.39 is 17.8 Å². The van der Waals surface area contributed by atoms with Crippen LogP contribution in [0.4, 0.5) is 14.9 Å². The molecular formula is C14H19FN2O3. The predicted molar refractivity (Wildman–Crippen MR) is 74.4 cm³/mol. The summed E-state index contributed by atoms with van der Waals surface area (Å²) in [6.45, 7) is 6.59. The number of carboxylic acid groups (broad SMARTS) is 1. The molecule has 0 saturated carbocycles. The average molecular weight is 282 g/mol. The highest BCUT2D eigenvalue weighted by Gasteiger charge is 2.12. The largest absolute Gasteiger partial charge is 0.478 e. The van der Waals surface area contributed by atoms with Gasteiger partial charge in [0, 0.05) is 6.54 Å². The van der Waals surface area contributed by atoms with Gasteiger partial charge >= 0.3 is 12.0 Å². The highest BCUT2D eigenvalue weighted by Crippen LogP contribution is 2.16. The minimum atomic E-state index is -1.22. The van der Waals surface area contributed by atoms with E-state index in [1.165, 1.54) is 12.1 Å². The van der Waals surface area contributed by atoms with E-state index >= 15 is 0 Å². The van der Waals surface area contributed by atoms with Crippen LogP contribution in [-0.2, 0) is 0 Å². The molecule has 110 valence electrons. The summed E-state index contributed by atoms with van der Waals surface area (Å²) in [5.41, 5.74) is -0.216. The first kappa shape index (κ1) is 15.9. The van der Waals surface area contributed by atoms with Gasteiger partial charge in [-0.1, -0.05) is 20.8 Å². The van der Waals surface area contributed by atoms with E-state index in [4.69, 9.17) is 5.11 Å². The van der Waals surface area contributed by atoms with Crippen LogP contribution in [0.5, 0.6) is 0 Å². The predicted octanol–water partition coefficient (Wildman–Crippen LogP) is 2.94.